The number of nitrogens with zero attached hydrogens (tertiary/aromatic N) is 2. The Bertz CT molecular complexity index is 641. The maximum atomic E-state index is 13.7. The van der Waals surface area contributed by atoms with Crippen LogP contribution in [-0.4, -0.2) is 59.0 Å². The molecule has 2 aliphatic rings. The highest BCUT2D eigenvalue weighted by atomic mass is 19.4. The highest BCUT2D eigenvalue weighted by Crippen LogP contribution is 2.63. The second kappa shape index (κ2) is 6.67. The lowest BCUT2D eigenvalue weighted by Crippen LogP contribution is -2.71. The first-order valence-corrected chi connectivity index (χ1v) is 7.92. The van der Waals surface area contributed by atoms with Crippen molar-refractivity contribution in [1.29, 1.82) is 0 Å². The van der Waals surface area contributed by atoms with Gasteiger partial charge < -0.3 is 9.47 Å². The molecule has 0 unspecified atom stereocenters. The topological polar surface area (TPSA) is 24.9 Å². The lowest BCUT2D eigenvalue weighted by atomic mass is 9.96. The van der Waals surface area contributed by atoms with Crippen LogP contribution >= 0.6 is 0 Å². The number of rotatable bonds is 4. The molecule has 30 heavy (non-hydrogen) atoms. The van der Waals surface area contributed by atoms with Crippen LogP contribution < -0.4 is 0 Å². The summed E-state index contributed by atoms with van der Waals surface area (Å²) in [6.45, 7) is 0.222. The molecule has 0 spiro atoms. The molecule has 0 radical (unpaired) electrons. The summed E-state index contributed by atoms with van der Waals surface area (Å²) in [6.07, 6.45) is -27.4. The quantitative estimate of drug-likeness (QED) is 0.542. The van der Waals surface area contributed by atoms with Crippen molar-refractivity contribution in [2.24, 2.45) is 0 Å². The molecule has 174 valence electrons. The van der Waals surface area contributed by atoms with Gasteiger partial charge in [0, 0.05) is 12.2 Å². The van der Waals surface area contributed by atoms with Crippen LogP contribution in [0.15, 0.2) is 23.9 Å². The molecule has 0 aromatic carbocycles. The number of ether oxygens (including phenoxy) is 2. The zero-order chi connectivity index (χ0) is 23.6. The fourth-order valence-electron chi connectivity index (χ4n) is 3.09. The summed E-state index contributed by atoms with van der Waals surface area (Å²) in [5, 5.41) is -2.50. The van der Waals surface area contributed by atoms with E-state index in [1.165, 1.54) is 0 Å². The molecule has 0 saturated carbocycles. The maximum absolute atomic E-state index is 13.7. The van der Waals surface area contributed by atoms with Gasteiger partial charge in [0.15, 0.2) is 0 Å². The zero-order valence-electron chi connectivity index (χ0n) is 14.8. The van der Waals surface area contributed by atoms with E-state index in [0.29, 0.717) is 0 Å². The van der Waals surface area contributed by atoms with Crippen LogP contribution in [0.1, 0.15) is 13.8 Å². The average Bonchev–Trinajstić information content (AvgIpc) is 3.02. The Morgan fingerprint density at radius 3 is 1.00 bits per heavy atom. The summed E-state index contributed by atoms with van der Waals surface area (Å²) < 4.78 is 173. The molecule has 0 N–H and O–H groups in total. The minimum Gasteiger partial charge on any atom is -0.478 e. The van der Waals surface area contributed by atoms with Crippen molar-refractivity contribution < 1.29 is 62.2 Å². The zero-order valence-corrected chi connectivity index (χ0v) is 14.8. The van der Waals surface area contributed by atoms with Gasteiger partial charge in [-0.2, -0.15) is 52.7 Å². The SMILES string of the molecule is CCOC1=CC(C(F)(F)F)(C(F)(F)F)N2C(OCC)=CC(C(F)(F)F)(C(F)(F)F)N12. The van der Waals surface area contributed by atoms with Gasteiger partial charge in [-0.25, -0.2) is 10.0 Å². The highest BCUT2D eigenvalue weighted by Gasteiger charge is 2.86. The predicted octanol–water partition coefficient (Wildman–Crippen LogP) is 5.02. The maximum Gasteiger partial charge on any atom is 0.426 e. The van der Waals surface area contributed by atoms with Crippen LogP contribution in [0.25, 0.3) is 0 Å². The summed E-state index contributed by atoms with van der Waals surface area (Å²) in [4.78, 5) is 0. The number of fused-ring (bicyclic) bond motifs is 1. The van der Waals surface area contributed by atoms with Gasteiger partial charge in [0.05, 0.1) is 13.2 Å². The number of halogens is 12. The van der Waals surface area contributed by atoms with E-state index < -0.39 is 82.9 Å². The monoisotopic (exact) mass is 468 g/mol. The van der Waals surface area contributed by atoms with Gasteiger partial charge in [-0.1, -0.05) is 0 Å². The second-order valence-corrected chi connectivity index (χ2v) is 5.98. The van der Waals surface area contributed by atoms with E-state index in [2.05, 4.69) is 9.47 Å². The second-order valence-electron chi connectivity index (χ2n) is 5.98. The van der Waals surface area contributed by atoms with Crippen LogP contribution in [0, 0.1) is 0 Å². The normalized spacial score (nSPS) is 21.4. The molecule has 0 amide bonds. The van der Waals surface area contributed by atoms with Crippen molar-refractivity contribution in [3.05, 3.63) is 23.9 Å². The molecule has 0 aromatic rings. The molecule has 0 fully saturated rings. The highest BCUT2D eigenvalue weighted by molar-refractivity contribution is 5.38. The Balaban J connectivity index is 3.00. The molecule has 0 saturated heterocycles. The van der Waals surface area contributed by atoms with Crippen molar-refractivity contribution in [1.82, 2.24) is 10.0 Å². The molecule has 2 rings (SSSR count). The fraction of sp³-hybridized carbons (Fsp3) is 0.714. The van der Waals surface area contributed by atoms with Gasteiger partial charge in [0.2, 0.25) is 11.8 Å². The third kappa shape index (κ3) is 2.92. The van der Waals surface area contributed by atoms with Gasteiger partial charge in [0.25, 0.3) is 11.1 Å². The summed E-state index contributed by atoms with van der Waals surface area (Å²) in [7, 11) is 0. The van der Waals surface area contributed by atoms with Crippen LogP contribution in [0.3, 0.4) is 0 Å². The van der Waals surface area contributed by atoms with Crippen LogP contribution in [0.2, 0.25) is 0 Å². The van der Waals surface area contributed by atoms with Crippen molar-refractivity contribution in [2.75, 3.05) is 13.2 Å². The Hall–Kier alpha value is -2.16. The molecule has 4 nitrogen and oxygen atoms in total. The van der Waals surface area contributed by atoms with Crippen molar-refractivity contribution >= 4 is 0 Å². The van der Waals surface area contributed by atoms with Gasteiger partial charge >= 0.3 is 24.7 Å². The Labute approximate surface area is 160 Å². The van der Waals surface area contributed by atoms with Gasteiger partial charge in [-0.3, -0.25) is 0 Å². The molecule has 0 atom stereocenters. The first kappa shape index (κ1) is 24.1. The van der Waals surface area contributed by atoms with E-state index in [1.54, 1.807) is 0 Å². The van der Waals surface area contributed by atoms with E-state index in [4.69, 9.17) is 0 Å². The van der Waals surface area contributed by atoms with Gasteiger partial charge in [-0.15, -0.1) is 0 Å². The molecular formula is C14H12F12N2O2. The molecule has 0 bridgehead atoms. The number of alkyl halides is 12. The Morgan fingerprint density at radius 1 is 0.600 bits per heavy atom. The minimum absolute atomic E-state index is 0.836. The number of hydrazine groups is 1. The van der Waals surface area contributed by atoms with Crippen LogP contribution in [-0.2, 0) is 9.47 Å². The summed E-state index contributed by atoms with van der Waals surface area (Å²) in [5.41, 5.74) is -10.6. The molecule has 2 heterocycles. The number of hydrogen-bond donors (Lipinski definition) is 0. The summed E-state index contributed by atoms with van der Waals surface area (Å²) >= 11 is 0. The Morgan fingerprint density at radius 2 is 0.833 bits per heavy atom. The van der Waals surface area contributed by atoms with Crippen molar-refractivity contribution in [2.45, 2.75) is 49.6 Å². The largest absolute Gasteiger partial charge is 0.478 e. The predicted molar refractivity (Wildman–Crippen MR) is 72.8 cm³/mol. The lowest BCUT2D eigenvalue weighted by molar-refractivity contribution is -0.378. The molecule has 0 aromatic heterocycles. The van der Waals surface area contributed by atoms with Gasteiger partial charge in [0.1, 0.15) is 0 Å². The minimum atomic E-state index is -6.42. The lowest BCUT2D eigenvalue weighted by Gasteiger charge is -2.46. The first-order valence-electron chi connectivity index (χ1n) is 7.92. The van der Waals surface area contributed by atoms with E-state index in [-0.39, 0.29) is 0 Å². The third-order valence-corrected chi connectivity index (χ3v) is 4.26. The van der Waals surface area contributed by atoms with Crippen molar-refractivity contribution in [3.8, 4) is 0 Å². The third-order valence-electron chi connectivity index (χ3n) is 4.26. The molecule has 2 aliphatic heterocycles. The summed E-state index contributed by atoms with van der Waals surface area (Å²) in [6, 6.07) is 0. The van der Waals surface area contributed by atoms with E-state index in [9.17, 15) is 52.7 Å². The fourth-order valence-corrected chi connectivity index (χ4v) is 3.09. The first-order chi connectivity index (χ1) is 13.3. The Kier molecular flexibility index (Phi) is 5.36. The molecular weight excluding hydrogens is 456 g/mol. The molecule has 16 heteroatoms. The van der Waals surface area contributed by atoms with Crippen LogP contribution in [0.5, 0.6) is 0 Å². The van der Waals surface area contributed by atoms with Gasteiger partial charge in [-0.05, 0) is 13.8 Å². The smallest absolute Gasteiger partial charge is 0.426 e. The van der Waals surface area contributed by atoms with E-state index in [1.807, 2.05) is 0 Å². The average molecular weight is 468 g/mol. The number of hydrogen-bond acceptors (Lipinski definition) is 4. The summed E-state index contributed by atoms with van der Waals surface area (Å²) in [5.74, 6) is -3.87. The standard InChI is InChI=1S/C14H12F12N2O2/c1-3-29-7-5-9(11(15,16)17,12(18,19)20)28-8(30-4-2)6-10(27(7)28,13(21,22)23)14(24,25)26/h5-6H,3-4H2,1-2H3. The van der Waals surface area contributed by atoms with Crippen molar-refractivity contribution in [3.63, 3.8) is 0 Å². The molecule has 0 aliphatic carbocycles. The van der Waals surface area contributed by atoms with E-state index in [0.717, 1.165) is 13.8 Å². The van der Waals surface area contributed by atoms with Crippen LogP contribution in [0.4, 0.5) is 52.7 Å². The van der Waals surface area contributed by atoms with E-state index >= 15 is 0 Å².